The van der Waals surface area contributed by atoms with Gasteiger partial charge in [-0.15, -0.1) is 0 Å². The van der Waals surface area contributed by atoms with Crippen LogP contribution >= 0.6 is 27.5 Å². The van der Waals surface area contributed by atoms with Crippen LogP contribution in [-0.4, -0.2) is 17.3 Å². The van der Waals surface area contributed by atoms with Crippen LogP contribution in [0, 0.1) is 5.82 Å². The SMILES string of the molecule is CC(Oc1cccc(Cl)c1)C(O)Cc1ccc(F)c(Br)c1. The van der Waals surface area contributed by atoms with Crippen molar-refractivity contribution in [1.29, 1.82) is 0 Å². The minimum atomic E-state index is -0.707. The molecule has 2 unspecified atom stereocenters. The average Bonchev–Trinajstić information content (AvgIpc) is 2.43. The van der Waals surface area contributed by atoms with Gasteiger partial charge in [0.1, 0.15) is 17.7 Å². The second kappa shape index (κ2) is 7.25. The lowest BCUT2D eigenvalue weighted by Crippen LogP contribution is -2.30. The van der Waals surface area contributed by atoms with E-state index >= 15 is 0 Å². The van der Waals surface area contributed by atoms with Crippen molar-refractivity contribution in [3.8, 4) is 5.75 Å². The maximum atomic E-state index is 13.2. The first-order valence-electron chi connectivity index (χ1n) is 6.50. The first-order chi connectivity index (χ1) is 9.95. The fourth-order valence-corrected chi connectivity index (χ4v) is 2.51. The first kappa shape index (κ1) is 16.3. The summed E-state index contributed by atoms with van der Waals surface area (Å²) in [6.45, 7) is 1.78. The van der Waals surface area contributed by atoms with E-state index in [0.29, 0.717) is 21.7 Å². The van der Waals surface area contributed by atoms with Crippen molar-refractivity contribution in [3.63, 3.8) is 0 Å². The van der Waals surface area contributed by atoms with Crippen molar-refractivity contribution in [2.75, 3.05) is 0 Å². The lowest BCUT2D eigenvalue weighted by molar-refractivity contribution is 0.0478. The third kappa shape index (κ3) is 4.70. The molecular weight excluding hydrogens is 359 g/mol. The Morgan fingerprint density at radius 2 is 2.05 bits per heavy atom. The van der Waals surface area contributed by atoms with Gasteiger partial charge in [0.05, 0.1) is 10.6 Å². The summed E-state index contributed by atoms with van der Waals surface area (Å²) >= 11 is 9.02. The number of aliphatic hydroxyl groups is 1. The molecule has 0 saturated carbocycles. The Kier molecular flexibility index (Phi) is 5.62. The van der Waals surface area contributed by atoms with Gasteiger partial charge in [-0.2, -0.15) is 0 Å². The minimum Gasteiger partial charge on any atom is -0.488 e. The highest BCUT2D eigenvalue weighted by atomic mass is 79.9. The van der Waals surface area contributed by atoms with Crippen LogP contribution in [0.1, 0.15) is 12.5 Å². The lowest BCUT2D eigenvalue weighted by atomic mass is 10.0. The standard InChI is InChI=1S/C16H15BrClFO2/c1-10(21-13-4-2-3-12(18)9-13)16(20)8-11-5-6-15(19)14(17)7-11/h2-7,9-10,16,20H,8H2,1H3. The Labute approximate surface area is 136 Å². The molecule has 21 heavy (non-hydrogen) atoms. The summed E-state index contributed by atoms with van der Waals surface area (Å²) in [4.78, 5) is 0. The van der Waals surface area contributed by atoms with Crippen LogP contribution in [0.2, 0.25) is 5.02 Å². The average molecular weight is 374 g/mol. The van der Waals surface area contributed by atoms with Crippen LogP contribution in [0.3, 0.4) is 0 Å². The molecule has 0 spiro atoms. The third-order valence-electron chi connectivity index (χ3n) is 3.09. The number of hydrogen-bond acceptors (Lipinski definition) is 2. The van der Waals surface area contributed by atoms with Crippen molar-refractivity contribution in [2.45, 2.75) is 25.6 Å². The monoisotopic (exact) mass is 372 g/mol. The van der Waals surface area contributed by atoms with Gasteiger partial charge in [-0.05, 0) is 58.7 Å². The van der Waals surface area contributed by atoms with Gasteiger partial charge >= 0.3 is 0 Å². The molecule has 0 fully saturated rings. The van der Waals surface area contributed by atoms with Crippen molar-refractivity contribution in [1.82, 2.24) is 0 Å². The van der Waals surface area contributed by atoms with Crippen LogP contribution in [0.5, 0.6) is 5.75 Å². The second-order valence-corrected chi connectivity index (χ2v) is 6.09. The molecular formula is C16H15BrClFO2. The van der Waals surface area contributed by atoms with Crippen molar-refractivity contribution < 1.29 is 14.2 Å². The maximum absolute atomic E-state index is 13.2. The minimum absolute atomic E-state index is 0.323. The summed E-state index contributed by atoms with van der Waals surface area (Å²) in [5.41, 5.74) is 0.831. The Morgan fingerprint density at radius 1 is 1.29 bits per heavy atom. The van der Waals surface area contributed by atoms with E-state index in [1.807, 2.05) is 0 Å². The van der Waals surface area contributed by atoms with Gasteiger partial charge in [-0.3, -0.25) is 0 Å². The number of ether oxygens (including phenoxy) is 1. The number of aliphatic hydroxyl groups excluding tert-OH is 1. The van der Waals surface area contributed by atoms with Crippen LogP contribution < -0.4 is 4.74 Å². The van der Waals surface area contributed by atoms with E-state index < -0.39 is 12.2 Å². The molecule has 2 aromatic carbocycles. The molecule has 2 aromatic rings. The molecule has 0 aliphatic heterocycles. The molecule has 0 aliphatic carbocycles. The van der Waals surface area contributed by atoms with E-state index in [2.05, 4.69) is 15.9 Å². The molecule has 1 N–H and O–H groups in total. The zero-order chi connectivity index (χ0) is 15.4. The number of rotatable bonds is 5. The van der Waals surface area contributed by atoms with Crippen LogP contribution in [-0.2, 0) is 6.42 Å². The van der Waals surface area contributed by atoms with Crippen LogP contribution in [0.25, 0.3) is 0 Å². The summed E-state index contributed by atoms with van der Waals surface area (Å²) in [7, 11) is 0. The molecule has 0 saturated heterocycles. The summed E-state index contributed by atoms with van der Waals surface area (Å²) in [5.74, 6) is 0.283. The molecule has 0 aliphatic rings. The Bertz CT molecular complexity index is 621. The lowest BCUT2D eigenvalue weighted by Gasteiger charge is -2.21. The van der Waals surface area contributed by atoms with Crippen molar-refractivity contribution >= 4 is 27.5 Å². The Morgan fingerprint density at radius 3 is 2.71 bits per heavy atom. The van der Waals surface area contributed by atoms with Crippen molar-refractivity contribution in [2.24, 2.45) is 0 Å². The maximum Gasteiger partial charge on any atom is 0.137 e. The van der Waals surface area contributed by atoms with Gasteiger partial charge in [0.25, 0.3) is 0 Å². The number of benzene rings is 2. The van der Waals surface area contributed by atoms with Crippen LogP contribution in [0.15, 0.2) is 46.9 Å². The van der Waals surface area contributed by atoms with Gasteiger partial charge in [-0.1, -0.05) is 23.7 Å². The number of halogens is 3. The van der Waals surface area contributed by atoms with Gasteiger partial charge < -0.3 is 9.84 Å². The van der Waals surface area contributed by atoms with E-state index in [9.17, 15) is 9.50 Å². The number of hydrogen-bond donors (Lipinski definition) is 1. The highest BCUT2D eigenvalue weighted by Crippen LogP contribution is 2.21. The van der Waals surface area contributed by atoms with E-state index in [1.165, 1.54) is 6.07 Å². The zero-order valence-electron chi connectivity index (χ0n) is 11.4. The molecule has 2 rings (SSSR count). The largest absolute Gasteiger partial charge is 0.488 e. The van der Waals surface area contributed by atoms with E-state index in [4.69, 9.17) is 16.3 Å². The summed E-state index contributed by atoms with van der Waals surface area (Å²) < 4.78 is 19.2. The summed E-state index contributed by atoms with van der Waals surface area (Å²) in [6, 6.07) is 11.7. The molecule has 0 aromatic heterocycles. The second-order valence-electron chi connectivity index (χ2n) is 4.80. The highest BCUT2D eigenvalue weighted by Gasteiger charge is 2.17. The first-order valence-corrected chi connectivity index (χ1v) is 7.67. The highest BCUT2D eigenvalue weighted by molar-refractivity contribution is 9.10. The van der Waals surface area contributed by atoms with E-state index in [-0.39, 0.29) is 5.82 Å². The van der Waals surface area contributed by atoms with E-state index in [1.54, 1.807) is 43.3 Å². The van der Waals surface area contributed by atoms with Gasteiger partial charge in [-0.25, -0.2) is 4.39 Å². The fraction of sp³-hybridized carbons (Fsp3) is 0.250. The summed E-state index contributed by atoms with van der Waals surface area (Å²) in [6.07, 6.45) is -0.741. The predicted octanol–water partition coefficient (Wildman–Crippen LogP) is 4.61. The molecule has 2 atom stereocenters. The Hall–Kier alpha value is -1.10. The quantitative estimate of drug-likeness (QED) is 0.829. The van der Waals surface area contributed by atoms with Gasteiger partial charge in [0.2, 0.25) is 0 Å². The molecule has 0 amide bonds. The smallest absolute Gasteiger partial charge is 0.137 e. The molecule has 112 valence electrons. The zero-order valence-corrected chi connectivity index (χ0v) is 13.7. The molecule has 5 heteroatoms. The van der Waals surface area contributed by atoms with Gasteiger partial charge in [0, 0.05) is 11.4 Å². The normalized spacial score (nSPS) is 13.8. The molecule has 0 radical (unpaired) electrons. The van der Waals surface area contributed by atoms with Crippen molar-refractivity contribution in [3.05, 3.63) is 63.3 Å². The van der Waals surface area contributed by atoms with Crippen LogP contribution in [0.4, 0.5) is 4.39 Å². The predicted molar refractivity (Wildman–Crippen MR) is 85.4 cm³/mol. The van der Waals surface area contributed by atoms with E-state index in [0.717, 1.165) is 5.56 Å². The topological polar surface area (TPSA) is 29.5 Å². The Balaban J connectivity index is 1.98. The third-order valence-corrected chi connectivity index (χ3v) is 3.93. The van der Waals surface area contributed by atoms with Gasteiger partial charge in [0.15, 0.2) is 0 Å². The fourth-order valence-electron chi connectivity index (χ4n) is 1.91. The molecule has 0 bridgehead atoms. The molecule has 2 nitrogen and oxygen atoms in total. The molecule has 0 heterocycles. The summed E-state index contributed by atoms with van der Waals surface area (Å²) in [5, 5.41) is 10.8.